The first-order chi connectivity index (χ1) is 10.3. The monoisotopic (exact) mass is 307 g/mol. The zero-order valence-corrected chi connectivity index (χ0v) is 11.0. The second-order valence-corrected chi connectivity index (χ2v) is 4.82. The van der Waals surface area contributed by atoms with E-state index in [0.29, 0.717) is 16.8 Å². The normalized spacial score (nSPS) is 15.8. The maximum absolute atomic E-state index is 13.3. The van der Waals surface area contributed by atoms with E-state index in [9.17, 15) is 22.4 Å². The van der Waals surface area contributed by atoms with Gasteiger partial charge < -0.3 is 5.32 Å². The lowest BCUT2D eigenvalue weighted by Gasteiger charge is -2.06. The van der Waals surface area contributed by atoms with Crippen LogP contribution in [-0.4, -0.2) is 5.91 Å². The Balaban J connectivity index is 1.99. The molecule has 0 aromatic heterocycles. The van der Waals surface area contributed by atoms with Gasteiger partial charge in [0.25, 0.3) is 5.91 Å². The molecule has 0 saturated carbocycles. The fourth-order valence-corrected chi connectivity index (χ4v) is 2.24. The van der Waals surface area contributed by atoms with Crippen LogP contribution in [0.4, 0.5) is 23.2 Å². The highest BCUT2D eigenvalue weighted by atomic mass is 19.4. The SMILES string of the molecule is O=C1Nc2ccc(F)cc2/C1=C\c1ccc(C(F)(F)F)cc1. The summed E-state index contributed by atoms with van der Waals surface area (Å²) in [6.45, 7) is 0. The standard InChI is InChI=1S/C16H9F4NO/c17-11-5-6-14-12(8-11)13(15(22)21-14)7-9-1-3-10(4-2-9)16(18,19)20/h1-8H,(H,21,22)/b13-7+. The molecule has 2 nitrogen and oxygen atoms in total. The Kier molecular flexibility index (Phi) is 3.24. The first-order valence-electron chi connectivity index (χ1n) is 6.35. The van der Waals surface area contributed by atoms with Crippen molar-refractivity contribution in [2.75, 3.05) is 5.32 Å². The molecule has 6 heteroatoms. The molecule has 0 aliphatic carbocycles. The van der Waals surface area contributed by atoms with Crippen LogP contribution in [0.3, 0.4) is 0 Å². The third-order valence-electron chi connectivity index (χ3n) is 3.31. The number of amides is 1. The van der Waals surface area contributed by atoms with Gasteiger partial charge in [-0.1, -0.05) is 12.1 Å². The third-order valence-corrected chi connectivity index (χ3v) is 3.31. The molecule has 0 bridgehead atoms. The van der Waals surface area contributed by atoms with Crippen LogP contribution in [0.25, 0.3) is 11.6 Å². The van der Waals surface area contributed by atoms with E-state index in [0.717, 1.165) is 12.1 Å². The number of fused-ring (bicyclic) bond motifs is 1. The summed E-state index contributed by atoms with van der Waals surface area (Å²) in [6.07, 6.45) is -2.98. The molecule has 1 amide bonds. The van der Waals surface area contributed by atoms with Gasteiger partial charge in [0, 0.05) is 16.8 Å². The quantitative estimate of drug-likeness (QED) is 0.616. The minimum Gasteiger partial charge on any atom is -0.321 e. The number of rotatable bonds is 1. The van der Waals surface area contributed by atoms with Crippen LogP contribution in [-0.2, 0) is 11.0 Å². The third kappa shape index (κ3) is 2.59. The number of hydrogen-bond acceptors (Lipinski definition) is 1. The van der Waals surface area contributed by atoms with E-state index in [2.05, 4.69) is 5.32 Å². The fourth-order valence-electron chi connectivity index (χ4n) is 2.24. The fraction of sp³-hybridized carbons (Fsp3) is 0.0625. The van der Waals surface area contributed by atoms with Gasteiger partial charge in [-0.25, -0.2) is 4.39 Å². The van der Waals surface area contributed by atoms with Crippen LogP contribution in [0.1, 0.15) is 16.7 Å². The molecule has 0 atom stereocenters. The number of carbonyl (C=O) groups excluding carboxylic acids is 1. The van der Waals surface area contributed by atoms with Gasteiger partial charge in [-0.05, 0) is 42.0 Å². The summed E-state index contributed by atoms with van der Waals surface area (Å²) >= 11 is 0. The van der Waals surface area contributed by atoms with E-state index in [4.69, 9.17) is 0 Å². The minimum atomic E-state index is -4.41. The number of anilines is 1. The Morgan fingerprint density at radius 1 is 1.00 bits per heavy atom. The number of nitrogens with one attached hydrogen (secondary N) is 1. The minimum absolute atomic E-state index is 0.217. The van der Waals surface area contributed by atoms with Crippen LogP contribution >= 0.6 is 0 Å². The van der Waals surface area contributed by atoms with Gasteiger partial charge in [0.1, 0.15) is 5.82 Å². The molecular formula is C16H9F4NO. The van der Waals surface area contributed by atoms with Gasteiger partial charge in [0.2, 0.25) is 0 Å². The summed E-state index contributed by atoms with van der Waals surface area (Å²) < 4.78 is 50.8. The molecule has 2 aromatic carbocycles. The average molecular weight is 307 g/mol. The molecule has 22 heavy (non-hydrogen) atoms. The van der Waals surface area contributed by atoms with E-state index in [1.165, 1.54) is 36.4 Å². The Bertz CT molecular complexity index is 776. The first kappa shape index (κ1) is 14.3. The van der Waals surface area contributed by atoms with Gasteiger partial charge in [-0.2, -0.15) is 13.2 Å². The Morgan fingerprint density at radius 2 is 1.68 bits per heavy atom. The molecule has 112 valence electrons. The van der Waals surface area contributed by atoms with Crippen molar-refractivity contribution < 1.29 is 22.4 Å². The van der Waals surface area contributed by atoms with E-state index in [-0.39, 0.29) is 5.57 Å². The van der Waals surface area contributed by atoms with Crippen molar-refractivity contribution in [3.05, 3.63) is 65.0 Å². The lowest BCUT2D eigenvalue weighted by atomic mass is 10.0. The van der Waals surface area contributed by atoms with Crippen molar-refractivity contribution in [2.45, 2.75) is 6.18 Å². The molecule has 1 heterocycles. The van der Waals surface area contributed by atoms with Crippen LogP contribution < -0.4 is 5.32 Å². The number of carbonyl (C=O) groups is 1. The van der Waals surface area contributed by atoms with Crippen molar-refractivity contribution in [3.63, 3.8) is 0 Å². The molecular weight excluding hydrogens is 298 g/mol. The summed E-state index contributed by atoms with van der Waals surface area (Å²) in [7, 11) is 0. The zero-order valence-electron chi connectivity index (χ0n) is 11.0. The zero-order chi connectivity index (χ0) is 15.9. The van der Waals surface area contributed by atoms with Gasteiger partial charge >= 0.3 is 6.18 Å². The van der Waals surface area contributed by atoms with Crippen LogP contribution in [0.5, 0.6) is 0 Å². The van der Waals surface area contributed by atoms with E-state index < -0.39 is 23.5 Å². The number of benzene rings is 2. The molecule has 0 radical (unpaired) electrons. The molecule has 0 saturated heterocycles. The number of hydrogen-bond donors (Lipinski definition) is 1. The maximum Gasteiger partial charge on any atom is 0.416 e. The molecule has 1 N–H and O–H groups in total. The maximum atomic E-state index is 13.3. The van der Waals surface area contributed by atoms with Crippen LogP contribution in [0.15, 0.2) is 42.5 Å². The molecule has 2 aromatic rings. The van der Waals surface area contributed by atoms with Gasteiger partial charge in [-0.3, -0.25) is 4.79 Å². The Labute approximate surface area is 123 Å². The van der Waals surface area contributed by atoms with E-state index >= 15 is 0 Å². The summed E-state index contributed by atoms with van der Waals surface area (Å²) in [6, 6.07) is 8.28. The Morgan fingerprint density at radius 3 is 2.32 bits per heavy atom. The molecule has 1 aliphatic rings. The van der Waals surface area contributed by atoms with Gasteiger partial charge in [-0.15, -0.1) is 0 Å². The highest BCUT2D eigenvalue weighted by Crippen LogP contribution is 2.34. The smallest absolute Gasteiger partial charge is 0.321 e. The molecule has 0 fully saturated rings. The average Bonchev–Trinajstić information content (AvgIpc) is 2.75. The van der Waals surface area contributed by atoms with Crippen molar-refractivity contribution in [3.8, 4) is 0 Å². The van der Waals surface area contributed by atoms with Gasteiger partial charge in [0.15, 0.2) is 0 Å². The molecule has 1 aliphatic heterocycles. The van der Waals surface area contributed by atoms with Crippen molar-refractivity contribution in [2.24, 2.45) is 0 Å². The number of alkyl halides is 3. The molecule has 0 unspecified atom stereocenters. The van der Waals surface area contributed by atoms with Crippen molar-refractivity contribution in [1.82, 2.24) is 0 Å². The lowest BCUT2D eigenvalue weighted by molar-refractivity contribution is -0.137. The highest BCUT2D eigenvalue weighted by molar-refractivity contribution is 6.34. The predicted molar refractivity (Wildman–Crippen MR) is 74.3 cm³/mol. The van der Waals surface area contributed by atoms with Gasteiger partial charge in [0.05, 0.1) is 5.56 Å². The van der Waals surface area contributed by atoms with Crippen LogP contribution in [0.2, 0.25) is 0 Å². The Hall–Kier alpha value is -2.63. The van der Waals surface area contributed by atoms with Crippen LogP contribution in [0, 0.1) is 5.82 Å². The molecule has 0 spiro atoms. The first-order valence-corrected chi connectivity index (χ1v) is 6.35. The van der Waals surface area contributed by atoms with E-state index in [1.807, 2.05) is 0 Å². The van der Waals surface area contributed by atoms with E-state index in [1.54, 1.807) is 0 Å². The summed E-state index contributed by atoms with van der Waals surface area (Å²) in [5, 5.41) is 2.58. The number of halogens is 4. The summed E-state index contributed by atoms with van der Waals surface area (Å²) in [5.41, 5.74) is 0.746. The summed E-state index contributed by atoms with van der Waals surface area (Å²) in [4.78, 5) is 11.9. The van der Waals surface area contributed by atoms with Crippen molar-refractivity contribution in [1.29, 1.82) is 0 Å². The molecule has 3 rings (SSSR count). The topological polar surface area (TPSA) is 29.1 Å². The summed E-state index contributed by atoms with van der Waals surface area (Å²) in [5.74, 6) is -0.908. The predicted octanol–water partition coefficient (Wildman–Crippen LogP) is 4.34. The van der Waals surface area contributed by atoms with Crippen molar-refractivity contribution >= 4 is 23.2 Å². The second kappa shape index (κ2) is 4.98. The second-order valence-electron chi connectivity index (χ2n) is 4.82. The largest absolute Gasteiger partial charge is 0.416 e. The highest BCUT2D eigenvalue weighted by Gasteiger charge is 2.30. The lowest BCUT2D eigenvalue weighted by Crippen LogP contribution is -2.04.